The van der Waals surface area contributed by atoms with Crippen molar-refractivity contribution in [1.29, 1.82) is 0 Å². The minimum atomic E-state index is -4.56. The highest BCUT2D eigenvalue weighted by Crippen LogP contribution is 2.28. The molecule has 0 bridgehead atoms. The molecule has 23 heavy (non-hydrogen) atoms. The van der Waals surface area contributed by atoms with Crippen LogP contribution in [0.5, 0.6) is 0 Å². The van der Waals surface area contributed by atoms with Crippen LogP contribution in [0.25, 0.3) is 0 Å². The predicted molar refractivity (Wildman–Crippen MR) is 70.0 cm³/mol. The molecule has 0 spiro atoms. The largest absolute Gasteiger partial charge is 0.433 e. The van der Waals surface area contributed by atoms with E-state index in [9.17, 15) is 27.6 Å². The molecule has 0 atom stereocenters. The Morgan fingerprint density at radius 3 is 2.22 bits per heavy atom. The lowest BCUT2D eigenvalue weighted by Crippen LogP contribution is -2.62. The number of hydrogen-bond acceptors (Lipinski definition) is 4. The minimum absolute atomic E-state index is 0.0375. The number of rotatable bonds is 2. The fourth-order valence-electron chi connectivity index (χ4n) is 2.66. The van der Waals surface area contributed by atoms with E-state index in [4.69, 9.17) is 0 Å². The Labute approximate surface area is 128 Å². The molecule has 0 N–H and O–H groups in total. The maximum atomic E-state index is 12.4. The van der Waals surface area contributed by atoms with Crippen molar-refractivity contribution in [1.82, 2.24) is 14.8 Å². The van der Waals surface area contributed by atoms with E-state index < -0.39 is 17.8 Å². The van der Waals surface area contributed by atoms with Crippen LogP contribution < -0.4 is 0 Å². The van der Waals surface area contributed by atoms with E-state index in [0.717, 1.165) is 18.3 Å². The highest BCUT2D eigenvalue weighted by atomic mass is 19.4. The zero-order valence-electron chi connectivity index (χ0n) is 11.8. The zero-order valence-corrected chi connectivity index (χ0v) is 11.8. The Morgan fingerprint density at radius 1 is 1.13 bits per heavy atom. The van der Waals surface area contributed by atoms with Gasteiger partial charge in [0.05, 0.1) is 11.6 Å². The summed E-state index contributed by atoms with van der Waals surface area (Å²) in [7, 11) is 0. The van der Waals surface area contributed by atoms with Gasteiger partial charge in [0.2, 0.25) is 11.8 Å². The third kappa shape index (κ3) is 2.78. The van der Waals surface area contributed by atoms with E-state index in [0.29, 0.717) is 0 Å². The van der Waals surface area contributed by atoms with Gasteiger partial charge in [0.25, 0.3) is 5.91 Å². The molecule has 3 amide bonds. The van der Waals surface area contributed by atoms with E-state index in [1.807, 2.05) is 0 Å². The van der Waals surface area contributed by atoms with Gasteiger partial charge in [0.15, 0.2) is 0 Å². The number of alkyl halides is 3. The SMILES string of the molecule is O=C(c1ccc(C(F)(F)F)nc1)N1CC(N2C(=O)CCC2=O)C1. The Balaban J connectivity index is 1.63. The molecular formula is C14H12F3N3O3. The molecule has 2 fully saturated rings. The number of carbonyl (C=O) groups excluding carboxylic acids is 3. The first-order chi connectivity index (χ1) is 10.8. The van der Waals surface area contributed by atoms with Crippen molar-refractivity contribution in [2.24, 2.45) is 0 Å². The van der Waals surface area contributed by atoms with Crippen molar-refractivity contribution >= 4 is 17.7 Å². The average Bonchev–Trinajstić information content (AvgIpc) is 2.77. The Bertz CT molecular complexity index is 650. The predicted octanol–water partition coefficient (Wildman–Crippen LogP) is 1.07. The summed E-state index contributed by atoms with van der Waals surface area (Å²) in [5.74, 6) is -0.965. The molecule has 122 valence electrons. The molecule has 0 aromatic carbocycles. The molecule has 9 heteroatoms. The number of carbonyl (C=O) groups is 3. The van der Waals surface area contributed by atoms with Crippen LogP contribution in [0.2, 0.25) is 0 Å². The van der Waals surface area contributed by atoms with Gasteiger partial charge in [0.1, 0.15) is 5.69 Å². The van der Waals surface area contributed by atoms with Crippen molar-refractivity contribution in [2.45, 2.75) is 25.1 Å². The van der Waals surface area contributed by atoms with Gasteiger partial charge in [-0.1, -0.05) is 0 Å². The summed E-state index contributed by atoms with van der Waals surface area (Å²) in [5.41, 5.74) is -1.03. The summed E-state index contributed by atoms with van der Waals surface area (Å²) in [6.45, 7) is 0.384. The van der Waals surface area contributed by atoms with Gasteiger partial charge in [-0.05, 0) is 12.1 Å². The van der Waals surface area contributed by atoms with Crippen LogP contribution in [0.1, 0.15) is 28.9 Å². The fourth-order valence-corrected chi connectivity index (χ4v) is 2.66. The fraction of sp³-hybridized carbons (Fsp3) is 0.429. The van der Waals surface area contributed by atoms with E-state index in [1.54, 1.807) is 0 Å². The molecule has 0 saturated carbocycles. The van der Waals surface area contributed by atoms with Crippen molar-refractivity contribution in [3.05, 3.63) is 29.6 Å². The summed E-state index contributed by atoms with van der Waals surface area (Å²) >= 11 is 0. The molecule has 1 aromatic rings. The lowest BCUT2D eigenvalue weighted by molar-refractivity contribution is -0.144. The van der Waals surface area contributed by atoms with Gasteiger partial charge in [-0.3, -0.25) is 24.3 Å². The van der Waals surface area contributed by atoms with E-state index in [2.05, 4.69) is 4.98 Å². The first-order valence-electron chi connectivity index (χ1n) is 6.95. The monoisotopic (exact) mass is 327 g/mol. The molecule has 2 aliphatic heterocycles. The van der Waals surface area contributed by atoms with Crippen LogP contribution in [-0.2, 0) is 15.8 Å². The molecular weight excluding hydrogens is 315 g/mol. The van der Waals surface area contributed by atoms with Crippen molar-refractivity contribution in [3.63, 3.8) is 0 Å². The second-order valence-corrected chi connectivity index (χ2v) is 5.45. The Morgan fingerprint density at radius 2 is 1.74 bits per heavy atom. The van der Waals surface area contributed by atoms with Crippen LogP contribution in [0.3, 0.4) is 0 Å². The maximum Gasteiger partial charge on any atom is 0.433 e. The molecule has 0 unspecified atom stereocenters. The number of aromatic nitrogens is 1. The van der Waals surface area contributed by atoms with E-state index in [1.165, 1.54) is 9.80 Å². The number of imide groups is 1. The van der Waals surface area contributed by atoms with Crippen LogP contribution in [0.4, 0.5) is 13.2 Å². The van der Waals surface area contributed by atoms with Crippen LogP contribution in [0, 0.1) is 0 Å². The lowest BCUT2D eigenvalue weighted by Gasteiger charge is -2.42. The second-order valence-electron chi connectivity index (χ2n) is 5.45. The standard InChI is InChI=1S/C14H12F3N3O3/c15-14(16,17)10-2-1-8(5-18-10)13(23)19-6-9(7-19)20-11(21)3-4-12(20)22/h1-2,5,9H,3-4,6-7H2. The van der Waals surface area contributed by atoms with Gasteiger partial charge in [-0.15, -0.1) is 0 Å². The van der Waals surface area contributed by atoms with Crippen LogP contribution >= 0.6 is 0 Å². The summed E-state index contributed by atoms with van der Waals surface area (Å²) < 4.78 is 37.3. The summed E-state index contributed by atoms with van der Waals surface area (Å²) in [6.07, 6.45) is -3.30. The number of hydrogen-bond donors (Lipinski definition) is 0. The Hall–Kier alpha value is -2.45. The summed E-state index contributed by atoms with van der Waals surface area (Å²) in [5, 5.41) is 0. The lowest BCUT2D eigenvalue weighted by atomic mass is 10.1. The highest BCUT2D eigenvalue weighted by molar-refractivity contribution is 6.03. The summed E-state index contributed by atoms with van der Waals surface area (Å²) in [4.78, 5) is 41.1. The first kappa shape index (κ1) is 15.4. The van der Waals surface area contributed by atoms with Crippen molar-refractivity contribution in [3.8, 4) is 0 Å². The number of nitrogens with zero attached hydrogens (tertiary/aromatic N) is 3. The third-order valence-electron chi connectivity index (χ3n) is 3.91. The summed E-state index contributed by atoms with van der Waals surface area (Å²) in [6, 6.07) is 1.47. The minimum Gasteiger partial charge on any atom is -0.334 e. The zero-order chi connectivity index (χ0) is 16.8. The third-order valence-corrected chi connectivity index (χ3v) is 3.91. The van der Waals surface area contributed by atoms with Gasteiger partial charge < -0.3 is 4.90 Å². The molecule has 0 aliphatic carbocycles. The van der Waals surface area contributed by atoms with E-state index in [-0.39, 0.29) is 49.4 Å². The average molecular weight is 327 g/mol. The topological polar surface area (TPSA) is 70.6 Å². The van der Waals surface area contributed by atoms with Gasteiger partial charge >= 0.3 is 6.18 Å². The van der Waals surface area contributed by atoms with Crippen molar-refractivity contribution < 1.29 is 27.6 Å². The molecule has 3 rings (SSSR count). The molecule has 1 aromatic heterocycles. The molecule has 6 nitrogen and oxygen atoms in total. The smallest absolute Gasteiger partial charge is 0.334 e. The van der Waals surface area contributed by atoms with Gasteiger partial charge in [0, 0.05) is 32.1 Å². The maximum absolute atomic E-state index is 12.4. The molecule has 2 aliphatic rings. The van der Waals surface area contributed by atoms with Gasteiger partial charge in [-0.25, -0.2) is 0 Å². The number of amides is 3. The molecule has 3 heterocycles. The van der Waals surface area contributed by atoms with Crippen LogP contribution in [0.15, 0.2) is 18.3 Å². The van der Waals surface area contributed by atoms with Crippen molar-refractivity contribution in [2.75, 3.05) is 13.1 Å². The quantitative estimate of drug-likeness (QED) is 0.762. The second kappa shape index (κ2) is 5.32. The number of pyridine rings is 1. The Kier molecular flexibility index (Phi) is 3.57. The first-order valence-corrected chi connectivity index (χ1v) is 6.95. The number of halogens is 3. The van der Waals surface area contributed by atoms with Crippen LogP contribution in [-0.4, -0.2) is 51.6 Å². The molecule has 2 saturated heterocycles. The normalized spacial score (nSPS) is 19.3. The highest BCUT2D eigenvalue weighted by Gasteiger charge is 2.43. The van der Waals surface area contributed by atoms with E-state index >= 15 is 0 Å². The molecule has 0 radical (unpaired) electrons. The van der Waals surface area contributed by atoms with Gasteiger partial charge in [-0.2, -0.15) is 13.2 Å². The number of likely N-dealkylation sites (tertiary alicyclic amines) is 2.